The molecule has 1 atom stereocenters. The molecule has 0 N–H and O–H groups in total. The van der Waals surface area contributed by atoms with Gasteiger partial charge in [0, 0.05) is 17.8 Å². The number of rotatable bonds is 9. The van der Waals surface area contributed by atoms with Crippen LogP contribution in [-0.4, -0.2) is 47.5 Å². The number of allylic oxidation sites excluding steroid dienone is 1. The first-order valence-corrected chi connectivity index (χ1v) is 10.6. The number of unbranched alkanes of at least 4 members (excludes halogenated alkanes) is 2. The summed E-state index contributed by atoms with van der Waals surface area (Å²) < 4.78 is 5.24. The molecule has 0 aromatic rings. The summed E-state index contributed by atoms with van der Waals surface area (Å²) in [5.41, 5.74) is 2.06. The summed E-state index contributed by atoms with van der Waals surface area (Å²) in [6, 6.07) is 0. The molecule has 1 amide bonds. The minimum absolute atomic E-state index is 0.0200. The van der Waals surface area contributed by atoms with Crippen molar-refractivity contribution in [1.29, 1.82) is 0 Å². The fraction of sp³-hybridized carbons (Fsp3) is 0.810. The number of carbonyl (C=O) groups excluding carboxylic acids is 2. The molecule has 1 saturated heterocycles. The Morgan fingerprint density at radius 1 is 1.08 bits per heavy atom. The maximum absolute atomic E-state index is 13.3. The predicted octanol–water partition coefficient (Wildman–Crippen LogP) is 4.23. The second kappa shape index (κ2) is 10.6. The number of esters is 1. The molecule has 0 aliphatic carbocycles. The van der Waals surface area contributed by atoms with Crippen molar-refractivity contribution < 1.29 is 14.3 Å². The van der Waals surface area contributed by atoms with Crippen molar-refractivity contribution in [2.45, 2.75) is 91.1 Å². The normalized spacial score (nSPS) is 20.9. The first kappa shape index (κ1) is 20.8. The number of carbonyl (C=O) groups is 2. The summed E-state index contributed by atoms with van der Waals surface area (Å²) in [5.74, 6) is 0.0337. The molecule has 2 heterocycles. The largest absolute Gasteiger partial charge is 0.465 e. The molecule has 2 rings (SSSR count). The van der Waals surface area contributed by atoms with Gasteiger partial charge in [-0.3, -0.25) is 9.59 Å². The molecule has 26 heavy (non-hydrogen) atoms. The molecule has 0 aromatic carbocycles. The zero-order valence-electron chi connectivity index (χ0n) is 16.9. The lowest BCUT2D eigenvalue weighted by molar-refractivity contribution is -0.149. The third-order valence-corrected chi connectivity index (χ3v) is 5.45. The molecule has 5 heteroatoms. The van der Waals surface area contributed by atoms with Gasteiger partial charge in [0.15, 0.2) is 0 Å². The highest BCUT2D eigenvalue weighted by Gasteiger charge is 2.39. The Morgan fingerprint density at radius 2 is 1.81 bits per heavy atom. The van der Waals surface area contributed by atoms with Gasteiger partial charge >= 0.3 is 5.97 Å². The van der Waals surface area contributed by atoms with Crippen LogP contribution in [0.25, 0.3) is 0 Å². The first-order chi connectivity index (χ1) is 12.6. The third-order valence-electron chi connectivity index (χ3n) is 5.45. The van der Waals surface area contributed by atoms with Crippen LogP contribution in [0, 0.1) is 0 Å². The van der Waals surface area contributed by atoms with Gasteiger partial charge in [-0.1, -0.05) is 33.1 Å². The number of fused-ring (bicyclic) bond motifs is 1. The molecule has 0 radical (unpaired) electrons. The average Bonchev–Trinajstić information content (AvgIpc) is 2.88. The number of hydrogen-bond acceptors (Lipinski definition) is 4. The molecule has 1 fully saturated rings. The standard InChI is InChI=1S/C21H36N2O3/c1-4-7-12-17-18(13-8-5-2)23(16-20(24)26-6-3)19-14-10-9-11-15-22(19)21(17)25/h19H,4-16H2,1-3H3. The van der Waals surface area contributed by atoms with Gasteiger partial charge in [-0.25, -0.2) is 0 Å². The monoisotopic (exact) mass is 364 g/mol. The van der Waals surface area contributed by atoms with Crippen molar-refractivity contribution in [2.75, 3.05) is 19.7 Å². The van der Waals surface area contributed by atoms with Crippen LogP contribution in [0.5, 0.6) is 0 Å². The zero-order valence-corrected chi connectivity index (χ0v) is 16.9. The van der Waals surface area contributed by atoms with E-state index in [1.54, 1.807) is 0 Å². The summed E-state index contributed by atoms with van der Waals surface area (Å²) in [5, 5.41) is 0. The molecule has 0 saturated carbocycles. The van der Waals surface area contributed by atoms with Crippen LogP contribution < -0.4 is 0 Å². The predicted molar refractivity (Wildman–Crippen MR) is 103 cm³/mol. The molecule has 148 valence electrons. The first-order valence-electron chi connectivity index (χ1n) is 10.6. The SMILES string of the molecule is CCCCC1=C(CCCC)N(CC(=O)OCC)C2CCCCCN2C1=O. The molecule has 1 unspecified atom stereocenters. The van der Waals surface area contributed by atoms with E-state index in [1.165, 1.54) is 0 Å². The highest BCUT2D eigenvalue weighted by molar-refractivity contribution is 5.95. The minimum Gasteiger partial charge on any atom is -0.465 e. The van der Waals surface area contributed by atoms with Crippen LogP contribution in [0.1, 0.15) is 85.0 Å². The van der Waals surface area contributed by atoms with Gasteiger partial charge < -0.3 is 14.5 Å². The highest BCUT2D eigenvalue weighted by atomic mass is 16.5. The van der Waals surface area contributed by atoms with E-state index < -0.39 is 0 Å². The lowest BCUT2D eigenvalue weighted by Gasteiger charge is -2.46. The third kappa shape index (κ3) is 5.01. The summed E-state index contributed by atoms with van der Waals surface area (Å²) in [4.78, 5) is 29.8. The molecule has 0 aromatic heterocycles. The van der Waals surface area contributed by atoms with Gasteiger partial charge in [0.2, 0.25) is 0 Å². The molecule has 5 nitrogen and oxygen atoms in total. The molecule has 0 spiro atoms. The highest BCUT2D eigenvalue weighted by Crippen LogP contribution is 2.35. The van der Waals surface area contributed by atoms with E-state index in [0.717, 1.165) is 82.0 Å². The number of ether oxygens (including phenoxy) is 1. The smallest absolute Gasteiger partial charge is 0.325 e. The van der Waals surface area contributed by atoms with E-state index in [4.69, 9.17) is 4.74 Å². The van der Waals surface area contributed by atoms with Crippen LogP contribution >= 0.6 is 0 Å². The van der Waals surface area contributed by atoms with Gasteiger partial charge in [-0.2, -0.15) is 0 Å². The quantitative estimate of drug-likeness (QED) is 0.575. The van der Waals surface area contributed by atoms with E-state index in [-0.39, 0.29) is 24.6 Å². The van der Waals surface area contributed by atoms with Crippen molar-refractivity contribution in [2.24, 2.45) is 0 Å². The van der Waals surface area contributed by atoms with Gasteiger partial charge in [-0.15, -0.1) is 0 Å². The van der Waals surface area contributed by atoms with Crippen molar-refractivity contribution >= 4 is 11.9 Å². The topological polar surface area (TPSA) is 49.9 Å². The Hall–Kier alpha value is -1.52. The maximum atomic E-state index is 13.3. The zero-order chi connectivity index (χ0) is 18.9. The van der Waals surface area contributed by atoms with Crippen molar-refractivity contribution in [3.63, 3.8) is 0 Å². The fourth-order valence-electron chi connectivity index (χ4n) is 4.09. The van der Waals surface area contributed by atoms with Crippen LogP contribution in [0.2, 0.25) is 0 Å². The van der Waals surface area contributed by atoms with Gasteiger partial charge in [-0.05, 0) is 51.9 Å². The Kier molecular flexibility index (Phi) is 8.46. The van der Waals surface area contributed by atoms with Gasteiger partial charge in [0.25, 0.3) is 5.91 Å². The fourth-order valence-corrected chi connectivity index (χ4v) is 4.09. The van der Waals surface area contributed by atoms with E-state index in [0.29, 0.717) is 6.61 Å². The number of amides is 1. The summed E-state index contributed by atoms with van der Waals surface area (Å²) in [6.45, 7) is 7.64. The lowest BCUT2D eigenvalue weighted by atomic mass is 9.96. The second-order valence-electron chi connectivity index (χ2n) is 7.39. The summed E-state index contributed by atoms with van der Waals surface area (Å²) in [6.07, 6.45) is 10.2. The number of nitrogens with zero attached hydrogens (tertiary/aromatic N) is 2. The minimum atomic E-state index is -0.185. The molecular weight excluding hydrogens is 328 g/mol. The Balaban J connectivity index is 2.39. The maximum Gasteiger partial charge on any atom is 0.325 e. The average molecular weight is 365 g/mol. The van der Waals surface area contributed by atoms with Crippen LogP contribution in [0.3, 0.4) is 0 Å². The molecule has 2 aliphatic heterocycles. The van der Waals surface area contributed by atoms with Crippen molar-refractivity contribution in [3.8, 4) is 0 Å². The van der Waals surface area contributed by atoms with Crippen LogP contribution in [0.4, 0.5) is 0 Å². The summed E-state index contributed by atoms with van der Waals surface area (Å²) >= 11 is 0. The Labute approximate surface area is 158 Å². The van der Waals surface area contributed by atoms with Crippen LogP contribution in [0.15, 0.2) is 11.3 Å². The lowest BCUT2D eigenvalue weighted by Crippen LogP contribution is -2.56. The van der Waals surface area contributed by atoms with Gasteiger partial charge in [0.05, 0.1) is 6.61 Å². The Bertz CT molecular complexity index is 515. The molecule has 2 aliphatic rings. The van der Waals surface area contributed by atoms with E-state index in [9.17, 15) is 9.59 Å². The van der Waals surface area contributed by atoms with Crippen LogP contribution in [-0.2, 0) is 14.3 Å². The van der Waals surface area contributed by atoms with E-state index in [1.807, 2.05) is 11.8 Å². The van der Waals surface area contributed by atoms with Crippen molar-refractivity contribution in [1.82, 2.24) is 9.80 Å². The molecule has 0 bridgehead atoms. The summed E-state index contributed by atoms with van der Waals surface area (Å²) in [7, 11) is 0. The van der Waals surface area contributed by atoms with Gasteiger partial charge in [0.1, 0.15) is 12.7 Å². The van der Waals surface area contributed by atoms with E-state index in [2.05, 4.69) is 18.7 Å². The Morgan fingerprint density at radius 3 is 2.50 bits per heavy atom. The van der Waals surface area contributed by atoms with E-state index >= 15 is 0 Å². The number of hydrogen-bond donors (Lipinski definition) is 0. The second-order valence-corrected chi connectivity index (χ2v) is 7.39. The van der Waals surface area contributed by atoms with Crippen molar-refractivity contribution in [3.05, 3.63) is 11.3 Å². The molecular formula is C21H36N2O3.